The maximum atomic E-state index is 8.53. The molecule has 0 saturated carbocycles. The summed E-state index contributed by atoms with van der Waals surface area (Å²) in [4.78, 5) is 0. The predicted molar refractivity (Wildman–Crippen MR) is 24.5 cm³/mol. The molecule has 7 heavy (non-hydrogen) atoms. The summed E-state index contributed by atoms with van der Waals surface area (Å²) >= 11 is 0. The maximum Gasteiger partial charge on any atom is 0.0960 e. The largest absolute Gasteiger partial charge is 0.512 e. The van der Waals surface area contributed by atoms with E-state index in [1.54, 1.807) is 6.08 Å². The van der Waals surface area contributed by atoms with Crippen molar-refractivity contribution >= 4 is 0 Å². The summed E-state index contributed by atoms with van der Waals surface area (Å²) in [5, 5.41) is 8.53. The first-order chi connectivity index (χ1) is 2.89. The zero-order chi connectivity index (χ0) is 4.41. The van der Waals surface area contributed by atoms with Crippen molar-refractivity contribution in [2.24, 2.45) is 0 Å². The molecular formula is C5H6OYb. The number of aliphatic hydroxyl groups is 1. The van der Waals surface area contributed by atoms with E-state index in [1.807, 2.05) is 12.2 Å². The van der Waals surface area contributed by atoms with Gasteiger partial charge in [-0.25, -0.2) is 0 Å². The molecule has 1 aliphatic rings. The van der Waals surface area contributed by atoms with Crippen LogP contribution in [0, 0.1) is 46.9 Å². The summed E-state index contributed by atoms with van der Waals surface area (Å²) in [6, 6.07) is 0. The van der Waals surface area contributed by atoms with Crippen LogP contribution in [0.4, 0.5) is 0 Å². The Morgan fingerprint density at radius 1 is 1.57 bits per heavy atom. The maximum absolute atomic E-state index is 8.53. The molecule has 46 valence electrons. The Morgan fingerprint density at radius 2 is 2.29 bits per heavy atom. The van der Waals surface area contributed by atoms with Crippen molar-refractivity contribution in [1.29, 1.82) is 0 Å². The third-order valence-electron chi connectivity index (χ3n) is 0.752. The fraction of sp³-hybridized carbons (Fsp3) is 0.200. The van der Waals surface area contributed by atoms with Crippen LogP contribution in [0.15, 0.2) is 24.0 Å². The zero-order valence-electron chi connectivity index (χ0n) is 3.65. The number of aliphatic hydroxyl groups excluding tert-OH is 1. The van der Waals surface area contributed by atoms with Crippen LogP contribution in [0.5, 0.6) is 0 Å². The molecule has 0 saturated heterocycles. The Labute approximate surface area is 81.3 Å². The van der Waals surface area contributed by atoms with Gasteiger partial charge in [0.2, 0.25) is 0 Å². The van der Waals surface area contributed by atoms with Crippen molar-refractivity contribution in [3.63, 3.8) is 0 Å². The van der Waals surface area contributed by atoms with Crippen molar-refractivity contribution < 1.29 is 52.0 Å². The van der Waals surface area contributed by atoms with Gasteiger partial charge in [0.05, 0.1) is 5.76 Å². The molecule has 0 aromatic heterocycles. The van der Waals surface area contributed by atoms with Crippen molar-refractivity contribution in [1.82, 2.24) is 0 Å². The normalized spacial score (nSPS) is 15.7. The fourth-order valence-electron chi connectivity index (χ4n) is 0.436. The van der Waals surface area contributed by atoms with Crippen LogP contribution < -0.4 is 0 Å². The quantitative estimate of drug-likeness (QED) is 0.693. The first-order valence-electron chi connectivity index (χ1n) is 1.94. The van der Waals surface area contributed by atoms with E-state index in [0.717, 1.165) is 6.42 Å². The Morgan fingerprint density at radius 3 is 2.43 bits per heavy atom. The van der Waals surface area contributed by atoms with Gasteiger partial charge in [-0.2, -0.15) is 0 Å². The van der Waals surface area contributed by atoms with Gasteiger partial charge in [0.25, 0.3) is 0 Å². The molecule has 1 nitrogen and oxygen atoms in total. The first kappa shape index (κ1) is 7.80. The number of hydrogen-bond acceptors (Lipinski definition) is 1. The molecule has 0 bridgehead atoms. The van der Waals surface area contributed by atoms with Crippen LogP contribution in [0.25, 0.3) is 0 Å². The minimum absolute atomic E-state index is 0. The SMILES string of the molecule is OC1=CC=CC1.[Yb]. The molecule has 0 unspecified atom stereocenters. The van der Waals surface area contributed by atoms with Gasteiger partial charge in [-0.05, 0) is 6.08 Å². The van der Waals surface area contributed by atoms with E-state index in [4.69, 9.17) is 5.11 Å². The Balaban J connectivity index is 0.000000360. The third kappa shape index (κ3) is 2.57. The molecule has 0 atom stereocenters. The Kier molecular flexibility index (Phi) is 4.19. The molecule has 0 aromatic carbocycles. The minimum Gasteiger partial charge on any atom is -0.512 e. The molecule has 2 heteroatoms. The molecule has 0 spiro atoms. The van der Waals surface area contributed by atoms with Crippen LogP contribution in [0.3, 0.4) is 0 Å². The van der Waals surface area contributed by atoms with E-state index >= 15 is 0 Å². The van der Waals surface area contributed by atoms with Crippen LogP contribution >= 0.6 is 0 Å². The molecule has 1 aliphatic carbocycles. The summed E-state index contributed by atoms with van der Waals surface area (Å²) in [6.45, 7) is 0. The van der Waals surface area contributed by atoms with Crippen LogP contribution in [-0.2, 0) is 0 Å². The average Bonchev–Trinajstić information content (AvgIpc) is 1.86. The standard InChI is InChI=1S/C5H6O.Yb/c6-5-3-1-2-4-5;/h1-3,6H,4H2;. The van der Waals surface area contributed by atoms with E-state index < -0.39 is 0 Å². The summed E-state index contributed by atoms with van der Waals surface area (Å²) in [6.07, 6.45) is 6.17. The van der Waals surface area contributed by atoms with Gasteiger partial charge in [0.1, 0.15) is 0 Å². The zero-order valence-corrected chi connectivity index (χ0v) is 5.37. The monoisotopic (exact) mass is 256 g/mol. The molecule has 0 heterocycles. The van der Waals surface area contributed by atoms with Crippen LogP contribution in [0.1, 0.15) is 6.42 Å². The molecule has 1 rings (SSSR count). The smallest absolute Gasteiger partial charge is 0.0960 e. The number of hydrogen-bond donors (Lipinski definition) is 1. The molecule has 1 N–H and O–H groups in total. The Bertz CT molecular complexity index is 105. The van der Waals surface area contributed by atoms with Gasteiger partial charge in [-0.3, -0.25) is 0 Å². The molecule has 0 aliphatic heterocycles. The topological polar surface area (TPSA) is 20.2 Å². The average molecular weight is 255 g/mol. The molecule has 0 fully saturated rings. The third-order valence-corrected chi connectivity index (χ3v) is 0.752. The van der Waals surface area contributed by atoms with E-state index in [9.17, 15) is 0 Å². The summed E-state index contributed by atoms with van der Waals surface area (Å²) < 4.78 is 0. The van der Waals surface area contributed by atoms with Crippen molar-refractivity contribution in [2.75, 3.05) is 0 Å². The van der Waals surface area contributed by atoms with Gasteiger partial charge in [0.15, 0.2) is 0 Å². The van der Waals surface area contributed by atoms with Crippen molar-refractivity contribution in [3.8, 4) is 0 Å². The van der Waals surface area contributed by atoms with Crippen molar-refractivity contribution in [3.05, 3.63) is 24.0 Å². The van der Waals surface area contributed by atoms with Crippen LogP contribution in [0.2, 0.25) is 0 Å². The van der Waals surface area contributed by atoms with E-state index in [1.165, 1.54) is 0 Å². The molecule has 0 aromatic rings. The second-order valence-corrected chi connectivity index (χ2v) is 1.29. The van der Waals surface area contributed by atoms with E-state index in [0.29, 0.717) is 5.76 Å². The minimum atomic E-state index is 0. The molecular weight excluding hydrogens is 249 g/mol. The fourth-order valence-corrected chi connectivity index (χ4v) is 0.436. The predicted octanol–water partition coefficient (Wildman–Crippen LogP) is 1.39. The molecule has 0 amide bonds. The first-order valence-corrected chi connectivity index (χ1v) is 1.94. The van der Waals surface area contributed by atoms with Gasteiger partial charge in [-0.15, -0.1) is 0 Å². The van der Waals surface area contributed by atoms with Crippen LogP contribution in [-0.4, -0.2) is 5.11 Å². The van der Waals surface area contributed by atoms with Gasteiger partial charge < -0.3 is 5.11 Å². The van der Waals surface area contributed by atoms with Crippen molar-refractivity contribution in [2.45, 2.75) is 6.42 Å². The number of rotatable bonds is 0. The van der Waals surface area contributed by atoms with Gasteiger partial charge in [0, 0.05) is 53.3 Å². The Hall–Kier alpha value is 0.799. The summed E-state index contributed by atoms with van der Waals surface area (Å²) in [5.41, 5.74) is 0. The number of allylic oxidation sites excluding steroid dienone is 3. The van der Waals surface area contributed by atoms with E-state index in [-0.39, 0.29) is 46.9 Å². The summed E-state index contributed by atoms with van der Waals surface area (Å²) in [5.74, 6) is 0.468. The van der Waals surface area contributed by atoms with Gasteiger partial charge in [-0.1, -0.05) is 12.2 Å². The second kappa shape index (κ2) is 3.76. The second-order valence-electron chi connectivity index (χ2n) is 1.29. The van der Waals surface area contributed by atoms with Gasteiger partial charge >= 0.3 is 0 Å². The van der Waals surface area contributed by atoms with E-state index in [2.05, 4.69) is 0 Å². The molecule has 0 radical (unpaired) electrons. The summed E-state index contributed by atoms with van der Waals surface area (Å²) in [7, 11) is 0.